The first-order valence-corrected chi connectivity index (χ1v) is 6.50. The Morgan fingerprint density at radius 2 is 1.82 bits per heavy atom. The first-order valence-electron chi connectivity index (χ1n) is 6.50. The second kappa shape index (κ2) is 5.09. The van der Waals surface area contributed by atoms with E-state index in [9.17, 15) is 0 Å². The summed E-state index contributed by atoms with van der Waals surface area (Å²) in [6.07, 6.45) is 2.68. The molecule has 0 heterocycles. The smallest absolute Gasteiger partial charge is 0.119 e. The van der Waals surface area contributed by atoms with Gasteiger partial charge in [-0.3, -0.25) is 0 Å². The standard InChI is InChI=1S/C15H23NO/c1-15(2,3)16-10-12-6-8-14(9-7-12)17-11-13-4-5-13/h6-9,13,16H,4-5,10-11H2,1-3H3. The van der Waals surface area contributed by atoms with Gasteiger partial charge in [0.2, 0.25) is 0 Å². The van der Waals surface area contributed by atoms with Gasteiger partial charge in [0.25, 0.3) is 0 Å². The average Bonchev–Trinajstić information content (AvgIpc) is 3.08. The molecule has 1 aromatic carbocycles. The summed E-state index contributed by atoms with van der Waals surface area (Å²) in [4.78, 5) is 0. The predicted molar refractivity (Wildman–Crippen MR) is 71.3 cm³/mol. The quantitative estimate of drug-likeness (QED) is 0.842. The van der Waals surface area contributed by atoms with E-state index in [0.717, 1.165) is 24.8 Å². The lowest BCUT2D eigenvalue weighted by atomic mass is 10.1. The van der Waals surface area contributed by atoms with Crippen LogP contribution in [0, 0.1) is 5.92 Å². The topological polar surface area (TPSA) is 21.3 Å². The van der Waals surface area contributed by atoms with Crippen LogP contribution in [-0.4, -0.2) is 12.1 Å². The zero-order chi connectivity index (χ0) is 12.3. The first kappa shape index (κ1) is 12.4. The van der Waals surface area contributed by atoms with E-state index in [0.29, 0.717) is 0 Å². The normalized spacial score (nSPS) is 15.9. The van der Waals surface area contributed by atoms with Crippen molar-refractivity contribution in [3.05, 3.63) is 29.8 Å². The van der Waals surface area contributed by atoms with Crippen LogP contribution in [0.15, 0.2) is 24.3 Å². The van der Waals surface area contributed by atoms with E-state index in [4.69, 9.17) is 4.74 Å². The Morgan fingerprint density at radius 1 is 1.18 bits per heavy atom. The monoisotopic (exact) mass is 233 g/mol. The molecule has 2 nitrogen and oxygen atoms in total. The third-order valence-electron chi connectivity index (χ3n) is 2.93. The van der Waals surface area contributed by atoms with Crippen molar-refractivity contribution >= 4 is 0 Å². The maximum Gasteiger partial charge on any atom is 0.119 e. The second-order valence-corrected chi connectivity index (χ2v) is 6.00. The summed E-state index contributed by atoms with van der Waals surface area (Å²) in [6.45, 7) is 8.34. The molecule has 0 saturated heterocycles. The predicted octanol–water partition coefficient (Wildman–Crippen LogP) is 3.36. The minimum absolute atomic E-state index is 0.168. The Bertz CT molecular complexity index is 346. The van der Waals surface area contributed by atoms with Crippen molar-refractivity contribution in [2.45, 2.75) is 45.7 Å². The van der Waals surface area contributed by atoms with E-state index in [1.165, 1.54) is 18.4 Å². The Morgan fingerprint density at radius 3 is 2.35 bits per heavy atom. The maximum absolute atomic E-state index is 5.71. The van der Waals surface area contributed by atoms with Gasteiger partial charge in [-0.05, 0) is 57.2 Å². The molecule has 1 saturated carbocycles. The largest absolute Gasteiger partial charge is 0.493 e. The van der Waals surface area contributed by atoms with Gasteiger partial charge in [0.1, 0.15) is 5.75 Å². The van der Waals surface area contributed by atoms with E-state index >= 15 is 0 Å². The molecular weight excluding hydrogens is 210 g/mol. The van der Waals surface area contributed by atoms with Crippen LogP contribution < -0.4 is 10.1 Å². The van der Waals surface area contributed by atoms with Crippen molar-refractivity contribution in [2.75, 3.05) is 6.61 Å². The fraction of sp³-hybridized carbons (Fsp3) is 0.600. The van der Waals surface area contributed by atoms with E-state index in [2.05, 4.69) is 50.4 Å². The van der Waals surface area contributed by atoms with Crippen molar-refractivity contribution in [3.63, 3.8) is 0 Å². The molecule has 0 bridgehead atoms. The van der Waals surface area contributed by atoms with Crippen LogP contribution >= 0.6 is 0 Å². The van der Waals surface area contributed by atoms with Crippen molar-refractivity contribution in [3.8, 4) is 5.75 Å². The molecule has 17 heavy (non-hydrogen) atoms. The second-order valence-electron chi connectivity index (χ2n) is 6.00. The van der Waals surface area contributed by atoms with E-state index < -0.39 is 0 Å². The fourth-order valence-electron chi connectivity index (χ4n) is 1.57. The van der Waals surface area contributed by atoms with E-state index in [-0.39, 0.29) is 5.54 Å². The fourth-order valence-corrected chi connectivity index (χ4v) is 1.57. The summed E-state index contributed by atoms with van der Waals surface area (Å²) in [5.41, 5.74) is 1.47. The molecular formula is C15H23NO. The Hall–Kier alpha value is -1.02. The average molecular weight is 233 g/mol. The van der Waals surface area contributed by atoms with Crippen molar-refractivity contribution in [2.24, 2.45) is 5.92 Å². The third kappa shape index (κ3) is 4.78. The molecule has 0 radical (unpaired) electrons. The molecule has 2 heteroatoms. The van der Waals surface area contributed by atoms with Crippen LogP contribution in [0.5, 0.6) is 5.75 Å². The molecule has 1 aromatic rings. The highest BCUT2D eigenvalue weighted by molar-refractivity contribution is 5.27. The number of hydrogen-bond donors (Lipinski definition) is 1. The highest BCUT2D eigenvalue weighted by Crippen LogP contribution is 2.29. The van der Waals surface area contributed by atoms with Crippen LogP contribution in [0.2, 0.25) is 0 Å². The minimum atomic E-state index is 0.168. The summed E-state index contributed by atoms with van der Waals surface area (Å²) in [7, 11) is 0. The lowest BCUT2D eigenvalue weighted by molar-refractivity contribution is 0.299. The van der Waals surface area contributed by atoms with Gasteiger partial charge in [0, 0.05) is 12.1 Å². The summed E-state index contributed by atoms with van der Waals surface area (Å²) in [5.74, 6) is 1.81. The molecule has 0 aliphatic heterocycles. The number of nitrogens with one attached hydrogen (secondary N) is 1. The van der Waals surface area contributed by atoms with Gasteiger partial charge in [-0.2, -0.15) is 0 Å². The van der Waals surface area contributed by atoms with Gasteiger partial charge in [-0.15, -0.1) is 0 Å². The summed E-state index contributed by atoms with van der Waals surface area (Å²) < 4.78 is 5.71. The summed E-state index contributed by atoms with van der Waals surface area (Å²) in [5, 5.41) is 3.48. The van der Waals surface area contributed by atoms with Crippen LogP contribution in [0.4, 0.5) is 0 Å². The maximum atomic E-state index is 5.71. The SMILES string of the molecule is CC(C)(C)NCc1ccc(OCC2CC2)cc1. The van der Waals surface area contributed by atoms with Gasteiger partial charge in [0.15, 0.2) is 0 Å². The molecule has 1 aliphatic carbocycles. The Balaban J connectivity index is 1.79. The molecule has 1 aliphatic rings. The first-order chi connectivity index (χ1) is 8.03. The lowest BCUT2D eigenvalue weighted by Gasteiger charge is -2.20. The van der Waals surface area contributed by atoms with Crippen LogP contribution in [-0.2, 0) is 6.54 Å². The molecule has 0 spiro atoms. The van der Waals surface area contributed by atoms with Crippen molar-refractivity contribution in [1.29, 1.82) is 0 Å². The zero-order valence-corrected chi connectivity index (χ0v) is 11.1. The Labute approximate surface area is 104 Å². The number of ether oxygens (including phenoxy) is 1. The van der Waals surface area contributed by atoms with Gasteiger partial charge in [-0.25, -0.2) is 0 Å². The highest BCUT2D eigenvalue weighted by Gasteiger charge is 2.21. The lowest BCUT2D eigenvalue weighted by Crippen LogP contribution is -2.35. The summed E-state index contributed by atoms with van der Waals surface area (Å²) in [6, 6.07) is 8.42. The molecule has 1 fully saturated rings. The molecule has 0 unspecified atom stereocenters. The van der Waals surface area contributed by atoms with E-state index in [1.807, 2.05) is 0 Å². The Kier molecular flexibility index (Phi) is 3.72. The highest BCUT2D eigenvalue weighted by atomic mass is 16.5. The van der Waals surface area contributed by atoms with Gasteiger partial charge in [0.05, 0.1) is 6.61 Å². The zero-order valence-electron chi connectivity index (χ0n) is 11.1. The van der Waals surface area contributed by atoms with Crippen LogP contribution in [0.3, 0.4) is 0 Å². The number of rotatable bonds is 5. The van der Waals surface area contributed by atoms with Gasteiger partial charge >= 0.3 is 0 Å². The summed E-state index contributed by atoms with van der Waals surface area (Å²) >= 11 is 0. The molecule has 2 rings (SSSR count). The van der Waals surface area contributed by atoms with E-state index in [1.54, 1.807) is 0 Å². The molecule has 94 valence electrons. The van der Waals surface area contributed by atoms with Gasteiger partial charge < -0.3 is 10.1 Å². The molecule has 0 aromatic heterocycles. The molecule has 0 amide bonds. The molecule has 0 atom stereocenters. The number of hydrogen-bond acceptors (Lipinski definition) is 2. The van der Waals surface area contributed by atoms with Crippen molar-refractivity contribution in [1.82, 2.24) is 5.32 Å². The van der Waals surface area contributed by atoms with Crippen molar-refractivity contribution < 1.29 is 4.74 Å². The van der Waals surface area contributed by atoms with Crippen LogP contribution in [0.25, 0.3) is 0 Å². The minimum Gasteiger partial charge on any atom is -0.493 e. The van der Waals surface area contributed by atoms with Crippen LogP contribution in [0.1, 0.15) is 39.2 Å². The third-order valence-corrected chi connectivity index (χ3v) is 2.93. The molecule has 1 N–H and O–H groups in total. The number of benzene rings is 1. The van der Waals surface area contributed by atoms with Gasteiger partial charge in [-0.1, -0.05) is 12.1 Å².